The van der Waals surface area contributed by atoms with E-state index in [2.05, 4.69) is 15.3 Å². The molecule has 0 aliphatic carbocycles. The van der Waals surface area contributed by atoms with E-state index in [1.54, 1.807) is 10.9 Å². The predicted molar refractivity (Wildman–Crippen MR) is 109 cm³/mol. The summed E-state index contributed by atoms with van der Waals surface area (Å²) >= 11 is 0. The molecular weight excluding hydrogens is 387 g/mol. The molecule has 0 bridgehead atoms. The van der Waals surface area contributed by atoms with Crippen molar-refractivity contribution in [2.24, 2.45) is 5.73 Å². The summed E-state index contributed by atoms with van der Waals surface area (Å²) in [6.07, 6.45) is 3.41. The number of amides is 1. The Morgan fingerprint density at radius 3 is 2.63 bits per heavy atom. The number of likely N-dealkylation sites (tertiary alicyclic amines) is 1. The summed E-state index contributed by atoms with van der Waals surface area (Å²) in [7, 11) is 0. The van der Waals surface area contributed by atoms with Crippen LogP contribution in [0.5, 0.6) is 0 Å². The van der Waals surface area contributed by atoms with E-state index in [4.69, 9.17) is 5.73 Å². The molecule has 0 spiro atoms. The summed E-state index contributed by atoms with van der Waals surface area (Å²) in [4.78, 5) is 19.0. The maximum Gasteiger partial charge on any atom is 0.276 e. The van der Waals surface area contributed by atoms with Crippen molar-refractivity contribution in [2.45, 2.75) is 25.8 Å². The molecule has 144 valence electrons. The third kappa shape index (κ3) is 3.90. The Hall–Kier alpha value is -2.22. The Morgan fingerprint density at radius 1 is 1.15 bits per heavy atom. The van der Waals surface area contributed by atoms with Crippen molar-refractivity contribution in [3.8, 4) is 5.69 Å². The summed E-state index contributed by atoms with van der Waals surface area (Å²) in [5, 5.41) is 9.37. The number of hydrogen-bond acceptors (Lipinski definition) is 5. The van der Waals surface area contributed by atoms with E-state index >= 15 is 0 Å². The van der Waals surface area contributed by atoms with Gasteiger partial charge in [0.1, 0.15) is 0 Å². The molecule has 0 atom stereocenters. The highest BCUT2D eigenvalue weighted by Crippen LogP contribution is 2.22. The van der Waals surface area contributed by atoms with Crippen LogP contribution in [0.4, 0.5) is 0 Å². The highest BCUT2D eigenvalue weighted by Gasteiger charge is 2.26. The van der Waals surface area contributed by atoms with Crippen molar-refractivity contribution >= 4 is 41.6 Å². The van der Waals surface area contributed by atoms with Crippen molar-refractivity contribution < 1.29 is 4.79 Å². The van der Waals surface area contributed by atoms with Gasteiger partial charge in [-0.15, -0.1) is 29.9 Å². The topological polar surface area (TPSA) is 89.9 Å². The van der Waals surface area contributed by atoms with Crippen LogP contribution >= 0.6 is 24.8 Å². The van der Waals surface area contributed by atoms with Gasteiger partial charge in [-0.2, -0.15) is 0 Å². The van der Waals surface area contributed by atoms with E-state index in [0.717, 1.165) is 35.1 Å². The summed E-state index contributed by atoms with van der Waals surface area (Å²) in [6.45, 7) is 3.22. The van der Waals surface area contributed by atoms with Crippen molar-refractivity contribution in [2.75, 3.05) is 13.1 Å². The van der Waals surface area contributed by atoms with E-state index in [1.807, 2.05) is 42.2 Å². The van der Waals surface area contributed by atoms with Crippen LogP contribution in [0.25, 0.3) is 16.6 Å². The normalized spacial score (nSPS) is 14.5. The van der Waals surface area contributed by atoms with Gasteiger partial charge in [0.2, 0.25) is 0 Å². The van der Waals surface area contributed by atoms with E-state index in [1.165, 1.54) is 0 Å². The third-order valence-corrected chi connectivity index (χ3v) is 4.77. The monoisotopic (exact) mass is 408 g/mol. The number of aromatic nitrogens is 4. The van der Waals surface area contributed by atoms with Gasteiger partial charge in [0.15, 0.2) is 5.69 Å². The highest BCUT2D eigenvalue weighted by molar-refractivity contribution is 5.94. The molecule has 3 heterocycles. The Balaban J connectivity index is 0.00000131. The van der Waals surface area contributed by atoms with E-state index < -0.39 is 0 Å². The van der Waals surface area contributed by atoms with Crippen LogP contribution in [0.3, 0.4) is 0 Å². The second-order valence-electron chi connectivity index (χ2n) is 6.41. The van der Waals surface area contributed by atoms with Crippen molar-refractivity contribution in [3.63, 3.8) is 0 Å². The fraction of sp³-hybridized carbons (Fsp3) is 0.333. The third-order valence-electron chi connectivity index (χ3n) is 4.77. The molecule has 0 radical (unpaired) electrons. The second kappa shape index (κ2) is 8.65. The number of pyridine rings is 1. The molecule has 0 saturated carbocycles. The first kappa shape index (κ1) is 21.1. The average molecular weight is 409 g/mol. The molecule has 3 aromatic rings. The molecule has 1 saturated heterocycles. The lowest BCUT2D eigenvalue weighted by atomic mass is 10.1. The van der Waals surface area contributed by atoms with Crippen molar-refractivity contribution in [1.82, 2.24) is 24.9 Å². The maximum atomic E-state index is 12.8. The number of nitrogens with zero attached hydrogens (tertiary/aromatic N) is 5. The van der Waals surface area contributed by atoms with E-state index in [-0.39, 0.29) is 36.8 Å². The van der Waals surface area contributed by atoms with Gasteiger partial charge >= 0.3 is 0 Å². The number of piperidine rings is 1. The smallest absolute Gasteiger partial charge is 0.276 e. The molecule has 0 unspecified atom stereocenters. The minimum atomic E-state index is -0.0750. The number of benzene rings is 1. The fourth-order valence-electron chi connectivity index (χ4n) is 3.28. The average Bonchev–Trinajstić information content (AvgIpc) is 3.02. The first-order chi connectivity index (χ1) is 12.1. The Bertz CT molecular complexity index is 931. The second-order valence-corrected chi connectivity index (χ2v) is 6.41. The van der Waals surface area contributed by atoms with Gasteiger partial charge < -0.3 is 10.6 Å². The lowest BCUT2D eigenvalue weighted by molar-refractivity contribution is 0.0708. The van der Waals surface area contributed by atoms with E-state index in [9.17, 15) is 4.79 Å². The molecule has 1 amide bonds. The molecule has 9 heteroatoms. The summed E-state index contributed by atoms with van der Waals surface area (Å²) in [5.41, 5.74) is 8.81. The van der Waals surface area contributed by atoms with Crippen LogP contribution in [0, 0.1) is 6.92 Å². The molecule has 27 heavy (non-hydrogen) atoms. The van der Waals surface area contributed by atoms with Gasteiger partial charge in [0.05, 0.1) is 16.9 Å². The Labute approximate surface area is 169 Å². The number of halogens is 2. The zero-order valence-corrected chi connectivity index (χ0v) is 16.5. The van der Waals surface area contributed by atoms with Crippen molar-refractivity contribution in [3.05, 3.63) is 47.9 Å². The minimum absolute atomic E-state index is 0. The van der Waals surface area contributed by atoms with Gasteiger partial charge in [-0.25, -0.2) is 4.68 Å². The standard InChI is InChI=1S/C18H20N6O.2ClH/c1-12-17(18(25)23-10-7-13(19)8-11-23)21-22-24(12)16-6-2-5-15-14(16)4-3-9-20-15;;/h2-6,9,13H,7-8,10-11,19H2,1H3;2*1H. The number of fused-ring (bicyclic) bond motifs is 1. The zero-order valence-electron chi connectivity index (χ0n) is 14.9. The molecule has 7 nitrogen and oxygen atoms in total. The van der Waals surface area contributed by atoms with Gasteiger partial charge in [-0.3, -0.25) is 9.78 Å². The molecule has 1 aliphatic rings. The van der Waals surface area contributed by atoms with Crippen molar-refractivity contribution in [1.29, 1.82) is 0 Å². The molecule has 1 aromatic carbocycles. The number of nitrogens with two attached hydrogens (primary N) is 1. The van der Waals surface area contributed by atoms with Gasteiger partial charge in [0, 0.05) is 30.7 Å². The predicted octanol–water partition coefficient (Wildman–Crippen LogP) is 2.53. The maximum absolute atomic E-state index is 12.8. The fourth-order valence-corrected chi connectivity index (χ4v) is 3.28. The Morgan fingerprint density at radius 2 is 1.89 bits per heavy atom. The molecule has 1 fully saturated rings. The first-order valence-corrected chi connectivity index (χ1v) is 8.46. The van der Waals surface area contributed by atoms with Crippen LogP contribution in [0.2, 0.25) is 0 Å². The summed E-state index contributed by atoms with van der Waals surface area (Å²) in [5.74, 6) is -0.0750. The number of carbonyl (C=O) groups excluding carboxylic acids is 1. The van der Waals surface area contributed by atoms with Crippen LogP contribution in [0.1, 0.15) is 29.0 Å². The lowest BCUT2D eigenvalue weighted by Crippen LogP contribution is -2.43. The van der Waals surface area contributed by atoms with Crippen LogP contribution in [0.15, 0.2) is 36.5 Å². The Kier molecular flexibility index (Phi) is 6.75. The molecule has 4 rings (SSSR count). The van der Waals surface area contributed by atoms with Crippen LogP contribution in [-0.2, 0) is 0 Å². The molecule has 1 aliphatic heterocycles. The first-order valence-electron chi connectivity index (χ1n) is 8.46. The SMILES string of the molecule is Cc1c(C(=O)N2CCC(N)CC2)nnn1-c1cccc2ncccc12.Cl.Cl. The zero-order chi connectivity index (χ0) is 17.4. The van der Waals surface area contributed by atoms with Gasteiger partial charge in [-0.1, -0.05) is 11.3 Å². The number of carbonyl (C=O) groups is 1. The molecule has 2 N–H and O–H groups in total. The van der Waals surface area contributed by atoms with Gasteiger partial charge in [-0.05, 0) is 44.0 Å². The molecule has 2 aromatic heterocycles. The largest absolute Gasteiger partial charge is 0.337 e. The number of hydrogen-bond donors (Lipinski definition) is 1. The van der Waals surface area contributed by atoms with E-state index in [0.29, 0.717) is 18.8 Å². The minimum Gasteiger partial charge on any atom is -0.337 e. The lowest BCUT2D eigenvalue weighted by Gasteiger charge is -2.29. The van der Waals surface area contributed by atoms with Gasteiger partial charge in [0.25, 0.3) is 5.91 Å². The quantitative estimate of drug-likeness (QED) is 0.703. The number of rotatable bonds is 2. The molecular formula is C18H22Cl2N6O. The summed E-state index contributed by atoms with van der Waals surface area (Å²) in [6, 6.07) is 9.91. The van der Waals surface area contributed by atoms with Crippen LogP contribution < -0.4 is 5.73 Å². The summed E-state index contributed by atoms with van der Waals surface area (Å²) < 4.78 is 1.72. The highest BCUT2D eigenvalue weighted by atomic mass is 35.5. The van der Waals surface area contributed by atoms with Crippen LogP contribution in [-0.4, -0.2) is 49.9 Å².